The van der Waals surface area contributed by atoms with E-state index in [-0.39, 0.29) is 5.97 Å². The summed E-state index contributed by atoms with van der Waals surface area (Å²) in [4.78, 5) is 11.7. The summed E-state index contributed by atoms with van der Waals surface area (Å²) < 4.78 is 23.3. The Kier molecular flexibility index (Phi) is 17.3. The van der Waals surface area contributed by atoms with Crippen LogP contribution in [-0.2, 0) is 19.0 Å². The zero-order valence-electron chi connectivity index (χ0n) is 19.2. The van der Waals surface area contributed by atoms with Crippen molar-refractivity contribution in [1.29, 1.82) is 0 Å². The van der Waals surface area contributed by atoms with Crippen LogP contribution in [0.2, 0.25) is 13.3 Å². The Bertz CT molecular complexity index is 432. The van der Waals surface area contributed by atoms with Gasteiger partial charge >= 0.3 is 178 Å². The van der Waals surface area contributed by atoms with Gasteiger partial charge in [0.05, 0.1) is 0 Å². The van der Waals surface area contributed by atoms with Gasteiger partial charge in [-0.2, -0.15) is 0 Å². The van der Waals surface area contributed by atoms with Crippen molar-refractivity contribution in [2.75, 3.05) is 20.3 Å². The van der Waals surface area contributed by atoms with Crippen LogP contribution in [0.4, 0.5) is 0 Å². The summed E-state index contributed by atoms with van der Waals surface area (Å²) in [5.41, 5.74) is 1.02. The normalized spacial score (nSPS) is 12.9. The fraction of sp³-hybridized carbons (Fsp3) is 0.783. The molecule has 5 heteroatoms. The zero-order chi connectivity index (χ0) is 21.3. The number of ether oxygens (including phenoxy) is 3. The zero-order valence-corrected chi connectivity index (χ0v) is 22.1. The Hall–Kier alpha value is -0.331. The van der Waals surface area contributed by atoms with Gasteiger partial charge in [0.15, 0.2) is 0 Å². The standard InChI is InChI=1S/C11H17O4.3C4H9.Sn/c1-5-14-11(15-6-2)9(3)7-8-10(12)13-4;3*1-3-4-2;/h3,7-8,11H,5-6H2,1-2,4H3;3*1,3-4H2,2H3;/b8-7+,9-3?;;;;. The van der Waals surface area contributed by atoms with Crippen LogP contribution >= 0.6 is 0 Å². The van der Waals surface area contributed by atoms with Crippen molar-refractivity contribution in [3.05, 3.63) is 21.8 Å². The van der Waals surface area contributed by atoms with Gasteiger partial charge in [-0.15, -0.1) is 0 Å². The van der Waals surface area contributed by atoms with Gasteiger partial charge in [0.25, 0.3) is 0 Å². The van der Waals surface area contributed by atoms with Crippen LogP contribution in [0.3, 0.4) is 0 Å². The van der Waals surface area contributed by atoms with Gasteiger partial charge in [0.1, 0.15) is 0 Å². The van der Waals surface area contributed by atoms with Gasteiger partial charge in [-0.25, -0.2) is 0 Å². The first-order chi connectivity index (χ1) is 13.5. The summed E-state index contributed by atoms with van der Waals surface area (Å²) >= 11 is -2.55. The summed E-state index contributed by atoms with van der Waals surface area (Å²) in [6, 6.07) is 0. The average molecular weight is 503 g/mol. The molecule has 0 aromatic heterocycles. The molecule has 0 fully saturated rings. The Balaban J connectivity index is 6.09. The summed E-state index contributed by atoms with van der Waals surface area (Å²) in [5, 5.41) is 0. The predicted octanol–water partition coefficient (Wildman–Crippen LogP) is 6.43. The van der Waals surface area contributed by atoms with E-state index in [1.807, 2.05) is 19.9 Å². The van der Waals surface area contributed by atoms with Crippen molar-refractivity contribution in [1.82, 2.24) is 0 Å². The summed E-state index contributed by atoms with van der Waals surface area (Å²) in [6.07, 6.45) is 10.6. The molecule has 164 valence electrons. The Morgan fingerprint density at radius 2 is 1.29 bits per heavy atom. The monoisotopic (exact) mass is 504 g/mol. The molecule has 0 aliphatic heterocycles. The molecule has 0 unspecified atom stereocenters. The first-order valence-electron chi connectivity index (χ1n) is 11.2. The van der Waals surface area contributed by atoms with Crippen LogP contribution in [0.5, 0.6) is 0 Å². The van der Waals surface area contributed by atoms with Gasteiger partial charge in [-0.1, -0.05) is 0 Å². The van der Waals surface area contributed by atoms with Gasteiger partial charge < -0.3 is 0 Å². The fourth-order valence-electron chi connectivity index (χ4n) is 3.50. The maximum atomic E-state index is 11.7. The number of unbranched alkanes of at least 4 members (excludes halogenated alkanes) is 3. The van der Waals surface area contributed by atoms with Gasteiger partial charge in [-0.05, 0) is 0 Å². The van der Waals surface area contributed by atoms with E-state index < -0.39 is 24.7 Å². The molecule has 0 heterocycles. The molecule has 0 amide bonds. The number of carbonyl (C=O) groups excluding carboxylic acids is 1. The van der Waals surface area contributed by atoms with Crippen LogP contribution in [0, 0.1) is 0 Å². The molecule has 0 saturated carbocycles. The Labute approximate surface area is 178 Å². The van der Waals surface area contributed by atoms with E-state index in [4.69, 9.17) is 14.2 Å². The Morgan fingerprint density at radius 1 is 0.821 bits per heavy atom. The molecule has 0 radical (unpaired) electrons. The van der Waals surface area contributed by atoms with Crippen LogP contribution in [0.25, 0.3) is 0 Å². The summed E-state index contributed by atoms with van der Waals surface area (Å²) in [5.74, 6) is -0.339. The van der Waals surface area contributed by atoms with Crippen molar-refractivity contribution >= 4 is 24.3 Å². The third kappa shape index (κ3) is 11.6. The van der Waals surface area contributed by atoms with Crippen molar-refractivity contribution in [2.45, 2.75) is 92.7 Å². The molecule has 0 aliphatic rings. The molecular weight excluding hydrogens is 459 g/mol. The molecule has 0 N–H and O–H groups in total. The molecule has 28 heavy (non-hydrogen) atoms. The van der Waals surface area contributed by atoms with Crippen molar-refractivity contribution in [2.24, 2.45) is 0 Å². The molecule has 4 nitrogen and oxygen atoms in total. The van der Waals surface area contributed by atoms with Gasteiger partial charge in [-0.3, -0.25) is 0 Å². The quantitative estimate of drug-likeness (QED) is 0.0755. The SMILES string of the molecule is CCC[CH2][Sn](/[CH]=C(\C=C\C(=O)OC)C(OCC)OCC)([CH2]CCC)[CH2]CCC. The van der Waals surface area contributed by atoms with Crippen LogP contribution in [0.15, 0.2) is 21.8 Å². The number of hydrogen-bond donors (Lipinski definition) is 0. The van der Waals surface area contributed by atoms with Crippen molar-refractivity contribution < 1.29 is 19.0 Å². The minimum absolute atomic E-state index is 0.339. The molecule has 0 atom stereocenters. The number of carbonyl (C=O) groups is 1. The van der Waals surface area contributed by atoms with E-state index in [1.54, 1.807) is 0 Å². The predicted molar refractivity (Wildman–Crippen MR) is 121 cm³/mol. The number of hydrogen-bond acceptors (Lipinski definition) is 4. The third-order valence-corrected chi connectivity index (χ3v) is 19.3. The van der Waals surface area contributed by atoms with Gasteiger partial charge in [0, 0.05) is 0 Å². The topological polar surface area (TPSA) is 44.8 Å². The molecule has 0 rings (SSSR count). The number of esters is 1. The molecule has 0 aromatic carbocycles. The van der Waals surface area contributed by atoms with E-state index >= 15 is 0 Å². The minimum atomic E-state index is -2.55. The maximum absolute atomic E-state index is 11.7. The number of rotatable bonds is 17. The summed E-state index contributed by atoms with van der Waals surface area (Å²) in [6.45, 7) is 12.0. The van der Waals surface area contributed by atoms with Crippen LogP contribution in [0.1, 0.15) is 73.1 Å². The van der Waals surface area contributed by atoms with Crippen LogP contribution < -0.4 is 0 Å². The van der Waals surface area contributed by atoms with Crippen LogP contribution in [-0.4, -0.2) is 51.0 Å². The first kappa shape index (κ1) is 27.7. The molecule has 0 saturated heterocycles. The second-order valence-electron chi connectivity index (χ2n) is 7.42. The van der Waals surface area contributed by atoms with Gasteiger partial charge in [0.2, 0.25) is 0 Å². The fourth-order valence-corrected chi connectivity index (χ4v) is 18.6. The second-order valence-corrected chi connectivity index (χ2v) is 20.3. The average Bonchev–Trinajstić information content (AvgIpc) is 2.71. The first-order valence-corrected chi connectivity index (χ1v) is 18.9. The van der Waals surface area contributed by atoms with E-state index in [1.165, 1.54) is 65.0 Å². The Morgan fingerprint density at radius 3 is 1.64 bits per heavy atom. The van der Waals surface area contributed by atoms with E-state index in [0.29, 0.717) is 13.2 Å². The molecule has 0 bridgehead atoms. The number of methoxy groups -OCH3 is 1. The molecule has 0 aromatic rings. The van der Waals surface area contributed by atoms with Crippen molar-refractivity contribution in [3.8, 4) is 0 Å². The van der Waals surface area contributed by atoms with E-state index in [0.717, 1.165) is 5.57 Å². The third-order valence-electron chi connectivity index (χ3n) is 5.08. The summed E-state index contributed by atoms with van der Waals surface area (Å²) in [7, 11) is 1.41. The van der Waals surface area contributed by atoms with Crippen molar-refractivity contribution in [3.63, 3.8) is 0 Å². The molecular formula is C23H44O4Sn. The second kappa shape index (κ2) is 17.5. The van der Waals surface area contributed by atoms with E-state index in [2.05, 4.69) is 24.9 Å². The molecule has 0 aliphatic carbocycles. The van der Waals surface area contributed by atoms with E-state index in [9.17, 15) is 4.79 Å². The molecule has 0 spiro atoms.